The molecule has 0 atom stereocenters. The van der Waals surface area contributed by atoms with Crippen molar-refractivity contribution in [3.63, 3.8) is 0 Å². The van der Waals surface area contributed by atoms with Crippen LogP contribution in [0.2, 0.25) is 0 Å². The first-order valence-corrected chi connectivity index (χ1v) is 7.58. The molecule has 28 heavy (non-hydrogen) atoms. The molecule has 148 valence electrons. The van der Waals surface area contributed by atoms with Gasteiger partial charge in [-0.15, -0.1) is 0 Å². The molecule has 8 nitrogen and oxygen atoms in total. The van der Waals surface area contributed by atoms with Crippen molar-refractivity contribution in [2.24, 2.45) is 0 Å². The van der Waals surface area contributed by atoms with Crippen LogP contribution in [0.1, 0.15) is 15.9 Å². The first kappa shape index (κ1) is 20.7. The molecule has 0 fully saturated rings. The average Bonchev–Trinajstić information content (AvgIpc) is 2.65. The van der Waals surface area contributed by atoms with Gasteiger partial charge in [-0.3, -0.25) is 14.9 Å². The number of rotatable bonds is 6. The average molecular weight is 398 g/mol. The summed E-state index contributed by atoms with van der Waals surface area (Å²) in [5.74, 6) is -1.84. The molecule has 2 aromatic carbocycles. The van der Waals surface area contributed by atoms with Crippen LogP contribution in [-0.4, -0.2) is 30.5 Å². The number of nitrogens with zero attached hydrogens (tertiary/aromatic N) is 1. The van der Waals surface area contributed by atoms with E-state index in [0.29, 0.717) is 0 Å². The van der Waals surface area contributed by atoms with Gasteiger partial charge in [-0.2, -0.15) is 13.2 Å². The first-order valence-electron chi connectivity index (χ1n) is 7.58. The monoisotopic (exact) mass is 398 g/mol. The molecular formula is C17H13F3N2O6. The summed E-state index contributed by atoms with van der Waals surface area (Å²) >= 11 is 0. The van der Waals surface area contributed by atoms with Gasteiger partial charge < -0.3 is 14.8 Å². The van der Waals surface area contributed by atoms with Gasteiger partial charge in [0.05, 0.1) is 23.2 Å². The van der Waals surface area contributed by atoms with Crippen LogP contribution in [0, 0.1) is 10.1 Å². The molecule has 1 N–H and O–H groups in total. The van der Waals surface area contributed by atoms with Crippen LogP contribution < -0.4 is 10.1 Å². The number of hydrogen-bond acceptors (Lipinski definition) is 6. The number of methoxy groups -OCH3 is 1. The van der Waals surface area contributed by atoms with Gasteiger partial charge in [0.2, 0.25) is 0 Å². The summed E-state index contributed by atoms with van der Waals surface area (Å²) < 4.78 is 47.0. The number of carbonyl (C=O) groups excluding carboxylic acids is 2. The van der Waals surface area contributed by atoms with E-state index in [-0.39, 0.29) is 17.0 Å². The topological polar surface area (TPSA) is 108 Å². The van der Waals surface area contributed by atoms with E-state index in [0.717, 1.165) is 30.3 Å². The number of halogens is 3. The third-order valence-electron chi connectivity index (χ3n) is 3.44. The van der Waals surface area contributed by atoms with Gasteiger partial charge in [0, 0.05) is 11.8 Å². The zero-order valence-corrected chi connectivity index (χ0v) is 14.3. The maximum atomic E-state index is 12.5. The second-order valence-corrected chi connectivity index (χ2v) is 5.34. The van der Waals surface area contributed by atoms with Crippen LogP contribution in [0.15, 0.2) is 42.5 Å². The van der Waals surface area contributed by atoms with E-state index in [1.54, 1.807) is 0 Å². The quantitative estimate of drug-likeness (QED) is 0.454. The standard InChI is InChI=1S/C17H13F3N2O6/c1-27-14-7-2-10(8-13(14)22(25)26)16(24)28-9-15(23)21-12-5-3-11(4-6-12)17(18,19)20/h2-8H,9H2,1H3,(H,21,23). The van der Waals surface area contributed by atoms with E-state index in [1.807, 2.05) is 0 Å². The third-order valence-corrected chi connectivity index (χ3v) is 3.44. The number of hydrogen-bond donors (Lipinski definition) is 1. The Labute approximate surface area is 156 Å². The maximum Gasteiger partial charge on any atom is 0.416 e. The fourth-order valence-corrected chi connectivity index (χ4v) is 2.11. The highest BCUT2D eigenvalue weighted by Crippen LogP contribution is 2.30. The van der Waals surface area contributed by atoms with E-state index in [2.05, 4.69) is 5.32 Å². The van der Waals surface area contributed by atoms with Gasteiger partial charge >= 0.3 is 17.8 Å². The SMILES string of the molecule is COc1ccc(C(=O)OCC(=O)Nc2ccc(C(F)(F)F)cc2)cc1[N+](=O)[O-]. The van der Waals surface area contributed by atoms with Crippen LogP contribution in [-0.2, 0) is 15.7 Å². The van der Waals surface area contributed by atoms with Gasteiger partial charge in [-0.25, -0.2) is 4.79 Å². The summed E-state index contributed by atoms with van der Waals surface area (Å²) in [5.41, 5.74) is -1.42. The van der Waals surface area contributed by atoms with E-state index >= 15 is 0 Å². The number of anilines is 1. The van der Waals surface area contributed by atoms with Crippen molar-refractivity contribution in [2.75, 3.05) is 19.0 Å². The van der Waals surface area contributed by atoms with Crippen LogP contribution in [0.25, 0.3) is 0 Å². The van der Waals surface area contributed by atoms with E-state index in [4.69, 9.17) is 9.47 Å². The number of benzene rings is 2. The number of nitro benzene ring substituents is 1. The largest absolute Gasteiger partial charge is 0.490 e. The predicted octanol–water partition coefficient (Wildman–Crippen LogP) is 3.42. The van der Waals surface area contributed by atoms with Crippen molar-refractivity contribution in [3.05, 3.63) is 63.7 Å². The molecular weight excluding hydrogens is 385 g/mol. The van der Waals surface area contributed by atoms with Crippen molar-refractivity contribution in [2.45, 2.75) is 6.18 Å². The van der Waals surface area contributed by atoms with Crippen LogP contribution in [0.3, 0.4) is 0 Å². The Balaban J connectivity index is 1.96. The fourth-order valence-electron chi connectivity index (χ4n) is 2.11. The van der Waals surface area contributed by atoms with E-state index in [1.165, 1.54) is 19.2 Å². The number of esters is 1. The second kappa shape index (κ2) is 8.37. The van der Waals surface area contributed by atoms with E-state index < -0.39 is 40.8 Å². The highest BCUT2D eigenvalue weighted by Gasteiger charge is 2.30. The lowest BCUT2D eigenvalue weighted by Crippen LogP contribution is -2.21. The summed E-state index contributed by atoms with van der Waals surface area (Å²) in [6.45, 7) is -0.736. The molecule has 11 heteroatoms. The number of nitrogens with one attached hydrogen (secondary N) is 1. The van der Waals surface area contributed by atoms with Gasteiger partial charge in [0.25, 0.3) is 5.91 Å². The number of ether oxygens (including phenoxy) is 2. The molecule has 2 aromatic rings. The number of amides is 1. The molecule has 0 heterocycles. The van der Waals surface area contributed by atoms with Gasteiger partial charge in [-0.05, 0) is 36.4 Å². The Morgan fingerprint density at radius 2 is 1.79 bits per heavy atom. The summed E-state index contributed by atoms with van der Waals surface area (Å²) in [6.07, 6.45) is -4.50. The molecule has 0 saturated heterocycles. The summed E-state index contributed by atoms with van der Waals surface area (Å²) in [7, 11) is 1.23. The molecule has 0 aliphatic carbocycles. The van der Waals surface area contributed by atoms with Crippen molar-refractivity contribution >= 4 is 23.3 Å². The summed E-state index contributed by atoms with van der Waals surface area (Å²) in [6, 6.07) is 7.05. The minimum absolute atomic E-state index is 0.0541. The van der Waals surface area contributed by atoms with E-state index in [9.17, 15) is 32.9 Å². The zero-order valence-electron chi connectivity index (χ0n) is 14.3. The van der Waals surface area contributed by atoms with Crippen molar-refractivity contribution in [3.8, 4) is 5.75 Å². The Morgan fingerprint density at radius 1 is 1.14 bits per heavy atom. The summed E-state index contributed by atoms with van der Waals surface area (Å²) in [4.78, 5) is 33.9. The Morgan fingerprint density at radius 3 is 2.32 bits per heavy atom. The number of carbonyl (C=O) groups is 2. The maximum absolute atomic E-state index is 12.5. The molecule has 0 aliphatic heterocycles. The molecule has 1 amide bonds. The van der Waals surface area contributed by atoms with Gasteiger partial charge in [0.15, 0.2) is 12.4 Å². The normalized spacial score (nSPS) is 10.9. The Bertz CT molecular complexity index is 897. The molecule has 0 aromatic heterocycles. The third kappa shape index (κ3) is 5.19. The van der Waals surface area contributed by atoms with Crippen LogP contribution in [0.4, 0.5) is 24.5 Å². The minimum Gasteiger partial charge on any atom is -0.490 e. The molecule has 0 unspecified atom stereocenters. The molecule has 0 bridgehead atoms. The summed E-state index contributed by atoms with van der Waals surface area (Å²) in [5, 5.41) is 13.2. The second-order valence-electron chi connectivity index (χ2n) is 5.34. The molecule has 2 rings (SSSR count). The lowest BCUT2D eigenvalue weighted by atomic mass is 10.2. The highest BCUT2D eigenvalue weighted by atomic mass is 19.4. The van der Waals surface area contributed by atoms with Crippen molar-refractivity contribution in [1.82, 2.24) is 0 Å². The smallest absolute Gasteiger partial charge is 0.416 e. The number of nitro groups is 1. The highest BCUT2D eigenvalue weighted by molar-refractivity contribution is 5.95. The number of alkyl halides is 3. The zero-order chi connectivity index (χ0) is 20.9. The molecule has 0 aliphatic rings. The van der Waals surface area contributed by atoms with Crippen LogP contribution >= 0.6 is 0 Å². The lowest BCUT2D eigenvalue weighted by Gasteiger charge is -2.09. The first-order chi connectivity index (χ1) is 13.1. The molecule has 0 saturated carbocycles. The Kier molecular flexibility index (Phi) is 6.18. The van der Waals surface area contributed by atoms with Gasteiger partial charge in [-0.1, -0.05) is 0 Å². The molecule has 0 radical (unpaired) electrons. The van der Waals surface area contributed by atoms with Crippen LogP contribution in [0.5, 0.6) is 5.75 Å². The lowest BCUT2D eigenvalue weighted by molar-refractivity contribution is -0.385. The minimum atomic E-state index is -4.50. The fraction of sp³-hybridized carbons (Fsp3) is 0.176. The Hall–Kier alpha value is -3.63. The van der Waals surface area contributed by atoms with Crippen molar-refractivity contribution < 1.29 is 37.2 Å². The van der Waals surface area contributed by atoms with Gasteiger partial charge in [0.1, 0.15) is 0 Å². The molecule has 0 spiro atoms. The van der Waals surface area contributed by atoms with Crippen molar-refractivity contribution in [1.29, 1.82) is 0 Å². The predicted molar refractivity (Wildman–Crippen MR) is 90.0 cm³/mol.